The van der Waals surface area contributed by atoms with Crippen LogP contribution >= 0.6 is 15.9 Å². The second-order valence-corrected chi connectivity index (χ2v) is 5.82. The first-order chi connectivity index (χ1) is 10.3. The van der Waals surface area contributed by atoms with Crippen molar-refractivity contribution in [1.82, 2.24) is 16.3 Å². The van der Waals surface area contributed by atoms with E-state index < -0.39 is 0 Å². The normalized spacial score (nSPS) is 22.4. The first-order valence-electron chi connectivity index (χ1n) is 6.69. The summed E-state index contributed by atoms with van der Waals surface area (Å²) >= 11 is 3.36. The van der Waals surface area contributed by atoms with Crippen molar-refractivity contribution in [3.63, 3.8) is 0 Å². The van der Waals surface area contributed by atoms with E-state index in [2.05, 4.69) is 55.5 Å². The van der Waals surface area contributed by atoms with E-state index >= 15 is 0 Å². The van der Waals surface area contributed by atoms with Crippen LogP contribution in [0.2, 0.25) is 0 Å². The van der Waals surface area contributed by atoms with E-state index in [0.717, 1.165) is 10.9 Å². The van der Waals surface area contributed by atoms with Crippen molar-refractivity contribution in [2.75, 3.05) is 6.54 Å². The molecule has 1 saturated heterocycles. The fourth-order valence-corrected chi connectivity index (χ4v) is 2.70. The van der Waals surface area contributed by atoms with Gasteiger partial charge < -0.3 is 5.43 Å². The lowest BCUT2D eigenvalue weighted by Gasteiger charge is -2.27. The number of carbonyl (C=O) groups is 1. The maximum Gasteiger partial charge on any atom is 0.250 e. The van der Waals surface area contributed by atoms with Gasteiger partial charge in [0.05, 0.1) is 12.3 Å². The summed E-state index contributed by atoms with van der Waals surface area (Å²) in [5.74, 6) is -0.0980. The van der Waals surface area contributed by atoms with Gasteiger partial charge in [-0.05, 0) is 10.8 Å². The second kappa shape index (κ2) is 6.24. The Morgan fingerprint density at radius 1 is 1.24 bits per heavy atom. The number of hydrazone groups is 1. The first-order valence-corrected chi connectivity index (χ1v) is 7.60. The highest BCUT2D eigenvalue weighted by Gasteiger charge is 2.29. The summed E-state index contributed by atoms with van der Waals surface area (Å²) in [5, 5.41) is 6.61. The number of benzene rings is 2. The van der Waals surface area contributed by atoms with E-state index in [1.165, 1.54) is 5.39 Å². The number of nitrogens with zero attached hydrogens (tertiary/aromatic N) is 1. The molecule has 1 heterocycles. The zero-order valence-corrected chi connectivity index (χ0v) is 12.8. The maximum atomic E-state index is 11.5. The summed E-state index contributed by atoms with van der Waals surface area (Å²) in [6.07, 6.45) is 1.79. The van der Waals surface area contributed by atoms with Crippen molar-refractivity contribution < 1.29 is 4.79 Å². The minimum Gasteiger partial charge on any atom is -0.304 e. The largest absolute Gasteiger partial charge is 0.304 e. The smallest absolute Gasteiger partial charge is 0.250 e. The van der Waals surface area contributed by atoms with Gasteiger partial charge in [0, 0.05) is 12.1 Å². The number of hydrogen-bond donors (Lipinski definition) is 3. The van der Waals surface area contributed by atoms with Gasteiger partial charge in [0.15, 0.2) is 0 Å². The average Bonchev–Trinajstić information content (AvgIpc) is 2.52. The van der Waals surface area contributed by atoms with Crippen LogP contribution in [0.5, 0.6) is 0 Å². The second-order valence-electron chi connectivity index (χ2n) is 4.83. The Balaban J connectivity index is 1.75. The SMILES string of the molecule is O=C1NNCC(N/N=C\c2cccc3ccccc23)C1Br. The zero-order chi connectivity index (χ0) is 14.7. The lowest BCUT2D eigenvalue weighted by atomic mass is 10.1. The monoisotopic (exact) mass is 346 g/mol. The van der Waals surface area contributed by atoms with Crippen molar-refractivity contribution in [3.05, 3.63) is 48.0 Å². The third-order valence-corrected chi connectivity index (χ3v) is 4.46. The molecule has 1 amide bonds. The van der Waals surface area contributed by atoms with Gasteiger partial charge in [0.1, 0.15) is 4.83 Å². The zero-order valence-electron chi connectivity index (χ0n) is 11.2. The highest BCUT2D eigenvalue weighted by atomic mass is 79.9. The van der Waals surface area contributed by atoms with Crippen LogP contribution in [0.15, 0.2) is 47.6 Å². The van der Waals surface area contributed by atoms with E-state index in [1.54, 1.807) is 6.21 Å². The Morgan fingerprint density at radius 3 is 2.95 bits per heavy atom. The van der Waals surface area contributed by atoms with E-state index in [1.807, 2.05) is 24.3 Å². The van der Waals surface area contributed by atoms with Gasteiger partial charge in [-0.25, -0.2) is 5.43 Å². The summed E-state index contributed by atoms with van der Waals surface area (Å²) in [4.78, 5) is 11.2. The molecule has 1 aliphatic heterocycles. The minimum atomic E-state index is -0.302. The summed E-state index contributed by atoms with van der Waals surface area (Å²) in [6.45, 7) is 0.606. The molecule has 0 radical (unpaired) electrons. The molecular weight excluding hydrogens is 332 g/mol. The van der Waals surface area contributed by atoms with Gasteiger partial charge in [-0.15, -0.1) is 0 Å². The number of halogens is 1. The fraction of sp³-hybridized carbons (Fsp3) is 0.200. The third kappa shape index (κ3) is 3.06. The third-order valence-electron chi connectivity index (χ3n) is 3.40. The van der Waals surface area contributed by atoms with Crippen LogP contribution in [-0.4, -0.2) is 29.5 Å². The van der Waals surface area contributed by atoms with E-state index in [4.69, 9.17) is 0 Å². The molecule has 2 aromatic carbocycles. The quantitative estimate of drug-likeness (QED) is 0.448. The molecule has 1 aliphatic rings. The predicted octanol–water partition coefficient (Wildman–Crippen LogP) is 1.53. The van der Waals surface area contributed by atoms with Crippen LogP contribution in [0.4, 0.5) is 0 Å². The molecule has 2 aromatic rings. The Morgan fingerprint density at radius 2 is 2.05 bits per heavy atom. The topological polar surface area (TPSA) is 65.5 Å². The van der Waals surface area contributed by atoms with Crippen LogP contribution in [-0.2, 0) is 4.79 Å². The summed E-state index contributed by atoms with van der Waals surface area (Å²) in [5.41, 5.74) is 9.45. The molecule has 2 atom stereocenters. The van der Waals surface area contributed by atoms with Gasteiger partial charge in [0.25, 0.3) is 0 Å². The summed E-state index contributed by atoms with van der Waals surface area (Å²) < 4.78 is 0. The summed E-state index contributed by atoms with van der Waals surface area (Å²) in [6, 6.07) is 14.2. The molecule has 0 saturated carbocycles. The van der Waals surface area contributed by atoms with Gasteiger partial charge in [-0.2, -0.15) is 5.10 Å². The lowest BCUT2D eigenvalue weighted by molar-refractivity contribution is -0.123. The van der Waals surface area contributed by atoms with Crippen molar-refractivity contribution in [2.24, 2.45) is 5.10 Å². The summed E-state index contributed by atoms with van der Waals surface area (Å²) in [7, 11) is 0. The number of hydrazine groups is 1. The Labute approximate surface area is 130 Å². The first kappa shape index (κ1) is 14.0. The van der Waals surface area contributed by atoms with Crippen LogP contribution in [0, 0.1) is 0 Å². The molecule has 0 bridgehead atoms. The molecule has 21 heavy (non-hydrogen) atoms. The standard InChI is InChI=1S/C15H15BrN4O/c16-14-13(9-18-20-15(14)21)19-17-8-11-6-3-5-10-4-1-2-7-12(10)11/h1-8,13-14,18-19H,9H2,(H,20,21)/b17-8-. The van der Waals surface area contributed by atoms with Crippen molar-refractivity contribution in [1.29, 1.82) is 0 Å². The van der Waals surface area contributed by atoms with Gasteiger partial charge in [-0.3, -0.25) is 10.2 Å². The van der Waals surface area contributed by atoms with Crippen LogP contribution in [0.1, 0.15) is 5.56 Å². The number of nitrogens with one attached hydrogen (secondary N) is 3. The molecule has 0 aliphatic carbocycles. The van der Waals surface area contributed by atoms with Crippen LogP contribution in [0.3, 0.4) is 0 Å². The molecule has 0 spiro atoms. The lowest BCUT2D eigenvalue weighted by Crippen LogP contribution is -2.59. The number of carbonyl (C=O) groups excluding carboxylic acids is 1. The van der Waals surface area contributed by atoms with Gasteiger partial charge in [-0.1, -0.05) is 58.4 Å². The average molecular weight is 347 g/mol. The van der Waals surface area contributed by atoms with E-state index in [9.17, 15) is 4.79 Å². The number of fused-ring (bicyclic) bond motifs is 1. The number of rotatable bonds is 3. The molecular formula is C15H15BrN4O. The van der Waals surface area contributed by atoms with E-state index in [-0.39, 0.29) is 16.8 Å². The molecule has 6 heteroatoms. The van der Waals surface area contributed by atoms with Crippen molar-refractivity contribution in [3.8, 4) is 0 Å². The molecule has 0 aromatic heterocycles. The Kier molecular flexibility index (Phi) is 4.17. The van der Waals surface area contributed by atoms with Gasteiger partial charge in [0.2, 0.25) is 5.91 Å². The predicted molar refractivity (Wildman–Crippen MR) is 87.3 cm³/mol. The molecule has 5 nitrogen and oxygen atoms in total. The molecule has 3 rings (SSSR count). The number of hydrogen-bond acceptors (Lipinski definition) is 4. The van der Waals surface area contributed by atoms with E-state index in [0.29, 0.717) is 6.54 Å². The highest BCUT2D eigenvalue weighted by Crippen LogP contribution is 2.16. The maximum absolute atomic E-state index is 11.5. The minimum absolute atomic E-state index is 0.0926. The van der Waals surface area contributed by atoms with Crippen molar-refractivity contribution >= 4 is 38.8 Å². The Bertz CT molecular complexity index is 683. The number of amides is 1. The van der Waals surface area contributed by atoms with Crippen molar-refractivity contribution in [2.45, 2.75) is 10.9 Å². The Hall–Kier alpha value is -1.92. The van der Waals surface area contributed by atoms with Gasteiger partial charge >= 0.3 is 0 Å². The molecule has 1 fully saturated rings. The van der Waals surface area contributed by atoms with Crippen LogP contribution in [0.25, 0.3) is 10.8 Å². The molecule has 2 unspecified atom stereocenters. The molecule has 108 valence electrons. The molecule has 3 N–H and O–H groups in total. The van der Waals surface area contributed by atoms with Crippen LogP contribution < -0.4 is 16.3 Å². The number of alkyl halides is 1. The fourth-order valence-electron chi connectivity index (χ4n) is 2.28. The highest BCUT2D eigenvalue weighted by molar-refractivity contribution is 9.10.